The standard InChI is InChI=1S/C22H28N2O5S/c1-13-19(20(22(26)29-6)14(2)23(13)3)21-24(18(25)7-8-30-21)12-15-9-16(27-4)11-17(10-15)28-5/h9-11,21H,7-8,12H2,1-6H3. The molecule has 1 aliphatic rings. The highest BCUT2D eigenvalue weighted by Gasteiger charge is 2.36. The van der Waals surface area contributed by atoms with Gasteiger partial charge in [-0.05, 0) is 31.5 Å². The van der Waals surface area contributed by atoms with E-state index < -0.39 is 0 Å². The smallest absolute Gasteiger partial charge is 0.340 e. The minimum absolute atomic E-state index is 0.0530. The van der Waals surface area contributed by atoms with E-state index in [-0.39, 0.29) is 17.3 Å². The number of rotatable bonds is 6. The SMILES string of the molecule is COC(=O)c1c(C2SCCC(=O)N2Cc2cc(OC)cc(OC)c2)c(C)n(C)c1C. The lowest BCUT2D eigenvalue weighted by molar-refractivity contribution is -0.132. The first-order chi connectivity index (χ1) is 14.3. The normalized spacial score (nSPS) is 16.5. The average molecular weight is 433 g/mol. The third-order valence-corrected chi connectivity index (χ3v) is 6.87. The van der Waals surface area contributed by atoms with Crippen LogP contribution in [0.3, 0.4) is 0 Å². The van der Waals surface area contributed by atoms with E-state index in [1.165, 1.54) is 7.11 Å². The van der Waals surface area contributed by atoms with Crippen molar-refractivity contribution < 1.29 is 23.8 Å². The number of carbonyl (C=O) groups excluding carboxylic acids is 2. The van der Waals surface area contributed by atoms with Crippen molar-refractivity contribution in [2.24, 2.45) is 7.05 Å². The Morgan fingerprint density at radius 3 is 2.30 bits per heavy atom. The molecular formula is C22H28N2O5S. The molecule has 1 amide bonds. The summed E-state index contributed by atoms with van der Waals surface area (Å²) < 4.78 is 17.8. The molecule has 2 heterocycles. The first-order valence-corrected chi connectivity index (χ1v) is 10.7. The predicted molar refractivity (Wildman–Crippen MR) is 116 cm³/mol. The van der Waals surface area contributed by atoms with Crippen LogP contribution in [0.5, 0.6) is 11.5 Å². The van der Waals surface area contributed by atoms with Gasteiger partial charge in [-0.1, -0.05) is 0 Å². The molecule has 0 N–H and O–H groups in total. The zero-order chi connectivity index (χ0) is 22.0. The number of nitrogens with zero attached hydrogens (tertiary/aromatic N) is 2. The maximum Gasteiger partial charge on any atom is 0.340 e. The van der Waals surface area contributed by atoms with Crippen molar-refractivity contribution in [2.75, 3.05) is 27.1 Å². The van der Waals surface area contributed by atoms with Crippen molar-refractivity contribution in [3.8, 4) is 11.5 Å². The number of hydrogen-bond acceptors (Lipinski definition) is 6. The van der Waals surface area contributed by atoms with Gasteiger partial charge in [0.1, 0.15) is 16.9 Å². The van der Waals surface area contributed by atoms with Crippen LogP contribution in [0.25, 0.3) is 0 Å². The molecule has 1 aromatic heterocycles. The van der Waals surface area contributed by atoms with Gasteiger partial charge in [0.05, 0.1) is 26.9 Å². The first-order valence-electron chi connectivity index (χ1n) is 9.69. The van der Waals surface area contributed by atoms with Crippen molar-refractivity contribution >= 4 is 23.6 Å². The van der Waals surface area contributed by atoms with Crippen molar-refractivity contribution in [1.29, 1.82) is 0 Å². The summed E-state index contributed by atoms with van der Waals surface area (Å²) in [4.78, 5) is 27.4. The minimum atomic E-state index is -0.382. The summed E-state index contributed by atoms with van der Waals surface area (Å²) in [5.74, 6) is 1.71. The second-order valence-corrected chi connectivity index (χ2v) is 8.41. The Morgan fingerprint density at radius 2 is 1.73 bits per heavy atom. The molecule has 0 spiro atoms. The number of methoxy groups -OCH3 is 3. The Morgan fingerprint density at radius 1 is 1.10 bits per heavy atom. The van der Waals surface area contributed by atoms with Gasteiger partial charge in [-0.3, -0.25) is 4.79 Å². The highest BCUT2D eigenvalue weighted by Crippen LogP contribution is 2.43. The van der Waals surface area contributed by atoms with E-state index in [1.54, 1.807) is 32.0 Å². The zero-order valence-corrected chi connectivity index (χ0v) is 19.1. The Hall–Kier alpha value is -2.61. The second-order valence-electron chi connectivity index (χ2n) is 7.23. The Balaban J connectivity index is 2.06. The summed E-state index contributed by atoms with van der Waals surface area (Å²) in [5, 5.41) is -0.280. The first kappa shape index (κ1) is 22.1. The Kier molecular flexibility index (Phi) is 6.65. The minimum Gasteiger partial charge on any atom is -0.497 e. The molecule has 3 rings (SSSR count). The highest BCUT2D eigenvalue weighted by atomic mass is 32.2. The molecule has 2 aromatic rings. The third kappa shape index (κ3) is 4.01. The molecule has 162 valence electrons. The van der Waals surface area contributed by atoms with Gasteiger partial charge < -0.3 is 23.7 Å². The van der Waals surface area contributed by atoms with Crippen LogP contribution in [0.15, 0.2) is 18.2 Å². The van der Waals surface area contributed by atoms with Crippen LogP contribution in [0.2, 0.25) is 0 Å². The highest BCUT2D eigenvalue weighted by molar-refractivity contribution is 7.99. The molecule has 1 aromatic carbocycles. The predicted octanol–water partition coefficient (Wildman–Crippen LogP) is 3.61. The third-order valence-electron chi connectivity index (χ3n) is 5.62. The number of esters is 1. The average Bonchev–Trinajstić information content (AvgIpc) is 2.98. The van der Waals surface area contributed by atoms with Gasteiger partial charge >= 0.3 is 5.97 Å². The molecule has 0 radical (unpaired) electrons. The molecule has 0 aliphatic carbocycles. The van der Waals surface area contributed by atoms with Crippen LogP contribution in [0, 0.1) is 13.8 Å². The van der Waals surface area contributed by atoms with Gasteiger partial charge in [0.2, 0.25) is 5.91 Å². The fourth-order valence-electron chi connectivity index (χ4n) is 3.82. The summed E-state index contributed by atoms with van der Waals surface area (Å²) in [6.07, 6.45) is 0.459. The fraction of sp³-hybridized carbons (Fsp3) is 0.455. The van der Waals surface area contributed by atoms with Gasteiger partial charge in [-0.15, -0.1) is 11.8 Å². The van der Waals surface area contributed by atoms with E-state index in [1.807, 2.05) is 42.5 Å². The van der Waals surface area contributed by atoms with Crippen LogP contribution >= 0.6 is 11.8 Å². The van der Waals surface area contributed by atoms with Crippen LogP contribution < -0.4 is 9.47 Å². The molecule has 30 heavy (non-hydrogen) atoms. The quantitative estimate of drug-likeness (QED) is 0.650. The lowest BCUT2D eigenvalue weighted by Crippen LogP contribution is -2.37. The molecule has 0 saturated carbocycles. The largest absolute Gasteiger partial charge is 0.497 e. The van der Waals surface area contributed by atoms with Crippen LogP contribution in [-0.2, 0) is 23.1 Å². The molecule has 1 saturated heterocycles. The number of thioether (sulfide) groups is 1. The maximum atomic E-state index is 13.0. The van der Waals surface area contributed by atoms with E-state index in [0.717, 1.165) is 22.5 Å². The summed E-state index contributed by atoms with van der Waals surface area (Å²) >= 11 is 1.67. The number of aromatic nitrogens is 1. The summed E-state index contributed by atoms with van der Waals surface area (Å²) in [6, 6.07) is 5.60. The number of benzene rings is 1. The molecule has 1 fully saturated rings. The molecule has 1 atom stereocenters. The van der Waals surface area contributed by atoms with E-state index in [0.29, 0.717) is 35.8 Å². The molecule has 0 bridgehead atoms. The topological polar surface area (TPSA) is 70.0 Å². The summed E-state index contributed by atoms with van der Waals surface area (Å²) in [5.41, 5.74) is 4.06. The number of carbonyl (C=O) groups is 2. The van der Waals surface area contributed by atoms with E-state index in [2.05, 4.69) is 0 Å². The number of ether oxygens (including phenoxy) is 3. The Labute approximate surface area is 181 Å². The zero-order valence-electron chi connectivity index (χ0n) is 18.3. The lowest BCUT2D eigenvalue weighted by Gasteiger charge is -2.36. The van der Waals surface area contributed by atoms with Gasteiger partial charge in [0, 0.05) is 48.8 Å². The molecular weight excluding hydrogens is 404 g/mol. The van der Waals surface area contributed by atoms with Gasteiger partial charge in [-0.2, -0.15) is 0 Å². The molecule has 1 aliphatic heterocycles. The van der Waals surface area contributed by atoms with Crippen molar-refractivity contribution in [3.05, 3.63) is 46.3 Å². The van der Waals surface area contributed by atoms with E-state index >= 15 is 0 Å². The maximum absolute atomic E-state index is 13.0. The van der Waals surface area contributed by atoms with Gasteiger partial charge in [-0.25, -0.2) is 4.79 Å². The fourth-order valence-corrected chi connectivity index (χ4v) is 5.17. The molecule has 1 unspecified atom stereocenters. The van der Waals surface area contributed by atoms with Crippen LogP contribution in [0.1, 0.15) is 44.7 Å². The number of hydrogen-bond donors (Lipinski definition) is 0. The second kappa shape index (κ2) is 9.04. The van der Waals surface area contributed by atoms with Gasteiger partial charge in [0.25, 0.3) is 0 Å². The summed E-state index contributed by atoms with van der Waals surface area (Å²) in [6.45, 7) is 4.26. The van der Waals surface area contributed by atoms with Crippen molar-refractivity contribution in [1.82, 2.24) is 9.47 Å². The van der Waals surface area contributed by atoms with E-state index in [4.69, 9.17) is 14.2 Å². The molecule has 8 heteroatoms. The monoisotopic (exact) mass is 432 g/mol. The Bertz CT molecular complexity index is 947. The van der Waals surface area contributed by atoms with Crippen LogP contribution in [0.4, 0.5) is 0 Å². The van der Waals surface area contributed by atoms with Crippen LogP contribution in [-0.4, -0.2) is 48.4 Å². The number of amides is 1. The van der Waals surface area contributed by atoms with E-state index in [9.17, 15) is 9.59 Å². The molecule has 7 nitrogen and oxygen atoms in total. The van der Waals surface area contributed by atoms with Crippen molar-refractivity contribution in [3.63, 3.8) is 0 Å². The van der Waals surface area contributed by atoms with Gasteiger partial charge in [0.15, 0.2) is 0 Å². The lowest BCUT2D eigenvalue weighted by atomic mass is 10.1. The summed E-state index contributed by atoms with van der Waals surface area (Å²) in [7, 11) is 6.50. The van der Waals surface area contributed by atoms with Crippen molar-refractivity contribution in [2.45, 2.75) is 32.2 Å².